The summed E-state index contributed by atoms with van der Waals surface area (Å²) >= 11 is 0. The number of carbonyl (C=O) groups is 1. The van der Waals surface area contributed by atoms with Crippen LogP contribution in [0, 0.1) is 0 Å². The highest BCUT2D eigenvalue weighted by molar-refractivity contribution is 5.79. The van der Waals surface area contributed by atoms with Gasteiger partial charge in [0.1, 0.15) is 0 Å². The molecule has 1 amide bonds. The normalized spacial score (nSPS) is 12.3. The number of amides is 1. The number of rotatable bonds is 8. The molecule has 0 fully saturated rings. The van der Waals surface area contributed by atoms with E-state index in [0.717, 1.165) is 6.42 Å². The summed E-state index contributed by atoms with van der Waals surface area (Å²) in [5.74, 6) is -0.334. The van der Waals surface area contributed by atoms with Crippen molar-refractivity contribution >= 4 is 5.91 Å². The molecule has 0 aromatic heterocycles. The van der Waals surface area contributed by atoms with Crippen LogP contribution in [0.4, 0.5) is 0 Å². The summed E-state index contributed by atoms with van der Waals surface area (Å²) in [5.41, 5.74) is 6.45. The Kier molecular flexibility index (Phi) is 6.29. The molecular weight excluding hydrogens is 216 g/mol. The molecular formula is C13H20N2O2. The molecule has 0 bridgehead atoms. The zero-order chi connectivity index (χ0) is 12.5. The van der Waals surface area contributed by atoms with Crippen LogP contribution in [0.25, 0.3) is 0 Å². The molecule has 0 aliphatic heterocycles. The van der Waals surface area contributed by atoms with Crippen LogP contribution < -0.4 is 11.1 Å². The number of carbonyl (C=O) groups excluding carboxylic acids is 1. The van der Waals surface area contributed by atoms with E-state index in [1.807, 2.05) is 18.2 Å². The number of hydrogen-bond donors (Lipinski definition) is 2. The second-order valence-electron chi connectivity index (χ2n) is 3.88. The van der Waals surface area contributed by atoms with E-state index in [9.17, 15) is 4.79 Å². The van der Waals surface area contributed by atoms with E-state index in [1.54, 1.807) is 7.05 Å². The van der Waals surface area contributed by atoms with Crippen molar-refractivity contribution in [1.82, 2.24) is 5.32 Å². The molecule has 4 heteroatoms. The molecule has 1 aromatic rings. The molecule has 94 valence electrons. The first kappa shape index (κ1) is 13.7. The second-order valence-corrected chi connectivity index (χ2v) is 3.88. The van der Waals surface area contributed by atoms with Gasteiger partial charge in [-0.25, -0.2) is 0 Å². The quantitative estimate of drug-likeness (QED) is 0.653. The third kappa shape index (κ3) is 5.47. The van der Waals surface area contributed by atoms with Crippen LogP contribution in [0.1, 0.15) is 12.0 Å². The lowest BCUT2D eigenvalue weighted by Gasteiger charge is -2.12. The lowest BCUT2D eigenvalue weighted by Crippen LogP contribution is -2.39. The lowest BCUT2D eigenvalue weighted by atomic mass is 10.2. The van der Waals surface area contributed by atoms with Crippen molar-refractivity contribution in [2.24, 2.45) is 5.73 Å². The van der Waals surface area contributed by atoms with Crippen LogP contribution in [0.5, 0.6) is 0 Å². The van der Waals surface area contributed by atoms with Crippen LogP contribution in [-0.4, -0.2) is 32.2 Å². The van der Waals surface area contributed by atoms with E-state index in [2.05, 4.69) is 17.4 Å². The Balaban J connectivity index is 2.10. The van der Waals surface area contributed by atoms with E-state index in [1.165, 1.54) is 5.56 Å². The number of ether oxygens (including phenoxy) is 1. The molecule has 0 heterocycles. The van der Waals surface area contributed by atoms with Crippen molar-refractivity contribution in [1.29, 1.82) is 0 Å². The number of hydrogen-bond acceptors (Lipinski definition) is 3. The molecule has 1 rings (SSSR count). The van der Waals surface area contributed by atoms with Crippen LogP contribution in [0.2, 0.25) is 0 Å². The highest BCUT2D eigenvalue weighted by Gasteiger charge is 2.11. The minimum absolute atomic E-state index is 0.299. The minimum atomic E-state index is -0.334. The molecule has 4 nitrogen and oxygen atoms in total. The summed E-state index contributed by atoms with van der Waals surface area (Å²) in [6, 6.07) is 9.87. The summed E-state index contributed by atoms with van der Waals surface area (Å²) in [6.45, 7) is 1.21. The predicted molar refractivity (Wildman–Crippen MR) is 67.6 cm³/mol. The zero-order valence-corrected chi connectivity index (χ0v) is 10.2. The van der Waals surface area contributed by atoms with Crippen molar-refractivity contribution in [2.75, 3.05) is 20.3 Å². The van der Waals surface area contributed by atoms with Crippen molar-refractivity contribution < 1.29 is 9.53 Å². The maximum Gasteiger partial charge on any atom is 0.234 e. The molecule has 1 unspecified atom stereocenters. The standard InChI is InChI=1S/C13H20N2O2/c1-15-12(13(14)16)8-10-17-9-7-11-5-3-2-4-6-11/h2-6,12,15H,7-10H2,1H3,(H2,14,16). The van der Waals surface area contributed by atoms with Gasteiger partial charge in [0, 0.05) is 6.61 Å². The summed E-state index contributed by atoms with van der Waals surface area (Å²) in [7, 11) is 1.72. The smallest absolute Gasteiger partial charge is 0.234 e. The molecule has 17 heavy (non-hydrogen) atoms. The topological polar surface area (TPSA) is 64.3 Å². The van der Waals surface area contributed by atoms with E-state index in [-0.39, 0.29) is 11.9 Å². The van der Waals surface area contributed by atoms with Gasteiger partial charge in [-0.05, 0) is 25.5 Å². The predicted octanol–water partition coefficient (Wildman–Crippen LogP) is 0.709. The Morgan fingerprint density at radius 1 is 1.35 bits per heavy atom. The van der Waals surface area contributed by atoms with Gasteiger partial charge in [0.15, 0.2) is 0 Å². The molecule has 0 saturated heterocycles. The number of primary amides is 1. The van der Waals surface area contributed by atoms with Crippen molar-refractivity contribution in [3.8, 4) is 0 Å². The monoisotopic (exact) mass is 236 g/mol. The Labute approximate surface area is 102 Å². The average Bonchev–Trinajstić information content (AvgIpc) is 2.34. The van der Waals surface area contributed by atoms with Gasteiger partial charge >= 0.3 is 0 Å². The Morgan fingerprint density at radius 3 is 2.65 bits per heavy atom. The van der Waals surface area contributed by atoms with Crippen LogP contribution >= 0.6 is 0 Å². The van der Waals surface area contributed by atoms with E-state index >= 15 is 0 Å². The van der Waals surface area contributed by atoms with Gasteiger partial charge in [0.2, 0.25) is 5.91 Å². The Bertz CT molecular complexity index is 327. The Hall–Kier alpha value is -1.39. The summed E-state index contributed by atoms with van der Waals surface area (Å²) in [6.07, 6.45) is 1.50. The summed E-state index contributed by atoms with van der Waals surface area (Å²) < 4.78 is 5.47. The van der Waals surface area contributed by atoms with Gasteiger partial charge < -0.3 is 15.8 Å². The molecule has 1 aromatic carbocycles. The van der Waals surface area contributed by atoms with E-state index in [0.29, 0.717) is 19.6 Å². The van der Waals surface area contributed by atoms with Gasteiger partial charge in [-0.15, -0.1) is 0 Å². The SMILES string of the molecule is CNC(CCOCCc1ccccc1)C(N)=O. The first-order valence-electron chi connectivity index (χ1n) is 5.82. The van der Waals surface area contributed by atoms with Gasteiger partial charge in [-0.1, -0.05) is 30.3 Å². The van der Waals surface area contributed by atoms with Crippen LogP contribution in [0.15, 0.2) is 30.3 Å². The van der Waals surface area contributed by atoms with Crippen LogP contribution in [-0.2, 0) is 16.0 Å². The summed E-state index contributed by atoms with van der Waals surface area (Å²) in [4.78, 5) is 10.9. The highest BCUT2D eigenvalue weighted by Crippen LogP contribution is 2.00. The van der Waals surface area contributed by atoms with Crippen molar-refractivity contribution in [3.63, 3.8) is 0 Å². The third-order valence-electron chi connectivity index (χ3n) is 2.62. The molecule has 0 spiro atoms. The van der Waals surface area contributed by atoms with Gasteiger partial charge in [0.05, 0.1) is 12.6 Å². The zero-order valence-electron chi connectivity index (χ0n) is 10.2. The molecule has 3 N–H and O–H groups in total. The Morgan fingerprint density at radius 2 is 2.06 bits per heavy atom. The van der Waals surface area contributed by atoms with Crippen molar-refractivity contribution in [3.05, 3.63) is 35.9 Å². The first-order chi connectivity index (χ1) is 8.24. The molecule has 0 saturated carbocycles. The minimum Gasteiger partial charge on any atom is -0.381 e. The maximum absolute atomic E-state index is 10.9. The fourth-order valence-corrected chi connectivity index (χ4v) is 1.57. The highest BCUT2D eigenvalue weighted by atomic mass is 16.5. The number of benzene rings is 1. The van der Waals surface area contributed by atoms with Crippen molar-refractivity contribution in [2.45, 2.75) is 18.9 Å². The fraction of sp³-hybridized carbons (Fsp3) is 0.462. The molecule has 0 aliphatic carbocycles. The van der Waals surface area contributed by atoms with E-state index in [4.69, 9.17) is 10.5 Å². The van der Waals surface area contributed by atoms with Gasteiger partial charge in [-0.3, -0.25) is 4.79 Å². The number of nitrogens with one attached hydrogen (secondary N) is 1. The van der Waals surface area contributed by atoms with Gasteiger partial charge in [-0.2, -0.15) is 0 Å². The maximum atomic E-state index is 10.9. The fourth-order valence-electron chi connectivity index (χ4n) is 1.57. The van der Waals surface area contributed by atoms with Crippen LogP contribution in [0.3, 0.4) is 0 Å². The second kappa shape index (κ2) is 7.81. The molecule has 0 radical (unpaired) electrons. The average molecular weight is 236 g/mol. The molecule has 1 atom stereocenters. The number of likely N-dealkylation sites (N-methyl/N-ethyl adjacent to an activating group) is 1. The largest absolute Gasteiger partial charge is 0.381 e. The molecule has 0 aliphatic rings. The number of nitrogens with two attached hydrogens (primary N) is 1. The summed E-state index contributed by atoms with van der Waals surface area (Å²) in [5, 5.41) is 2.86. The van der Waals surface area contributed by atoms with Gasteiger partial charge in [0.25, 0.3) is 0 Å². The lowest BCUT2D eigenvalue weighted by molar-refractivity contribution is -0.120. The van der Waals surface area contributed by atoms with E-state index < -0.39 is 0 Å². The third-order valence-corrected chi connectivity index (χ3v) is 2.62. The first-order valence-corrected chi connectivity index (χ1v) is 5.82.